The summed E-state index contributed by atoms with van der Waals surface area (Å²) in [7, 11) is -3.40. The number of primary amides is 1. The Kier molecular flexibility index (Phi) is 5.44. The standard InChI is InChI=1S/C20H27N3O4S2/c1-19(2)10-13-15(17(21)24)18(28-16(13)20(3,4)27-19)22-11-12-8-6-7-9-14(12)23-29(5,25)26/h6-9,22-23H,10-11H2,1-5H3,(H2,21,24). The monoisotopic (exact) mass is 437 g/mol. The van der Waals surface area contributed by atoms with Crippen molar-refractivity contribution in [3.63, 3.8) is 0 Å². The third-order valence-electron chi connectivity index (χ3n) is 4.69. The molecule has 158 valence electrons. The van der Waals surface area contributed by atoms with Crippen LogP contribution in [-0.4, -0.2) is 26.2 Å². The molecule has 1 aromatic carbocycles. The highest BCUT2D eigenvalue weighted by atomic mass is 32.2. The van der Waals surface area contributed by atoms with E-state index in [9.17, 15) is 13.2 Å². The number of fused-ring (bicyclic) bond motifs is 1. The van der Waals surface area contributed by atoms with Gasteiger partial charge in [-0.25, -0.2) is 8.42 Å². The molecule has 29 heavy (non-hydrogen) atoms. The average Bonchev–Trinajstić information content (AvgIpc) is 2.90. The summed E-state index contributed by atoms with van der Waals surface area (Å²) in [6, 6.07) is 7.12. The Morgan fingerprint density at radius 3 is 2.52 bits per heavy atom. The first-order chi connectivity index (χ1) is 13.3. The second-order valence-corrected chi connectivity index (χ2v) is 11.2. The van der Waals surface area contributed by atoms with E-state index in [1.165, 1.54) is 11.3 Å². The van der Waals surface area contributed by atoms with Crippen LogP contribution in [-0.2, 0) is 33.3 Å². The van der Waals surface area contributed by atoms with E-state index in [1.807, 2.05) is 39.8 Å². The largest absolute Gasteiger partial charge is 0.372 e. The molecular formula is C20H27N3O4S2. The van der Waals surface area contributed by atoms with Gasteiger partial charge in [0.25, 0.3) is 5.91 Å². The maximum absolute atomic E-state index is 12.3. The number of hydrogen-bond donors (Lipinski definition) is 3. The molecule has 1 amide bonds. The fraction of sp³-hybridized carbons (Fsp3) is 0.450. The summed E-state index contributed by atoms with van der Waals surface area (Å²) in [5, 5.41) is 3.96. The molecule has 7 nitrogen and oxygen atoms in total. The van der Waals surface area contributed by atoms with Gasteiger partial charge in [0, 0.05) is 17.8 Å². The molecule has 2 heterocycles. The fourth-order valence-electron chi connectivity index (χ4n) is 3.85. The van der Waals surface area contributed by atoms with Crippen LogP contribution in [0.1, 0.15) is 54.1 Å². The van der Waals surface area contributed by atoms with Gasteiger partial charge in [-0.05, 0) is 44.9 Å². The van der Waals surface area contributed by atoms with Gasteiger partial charge in [-0.3, -0.25) is 9.52 Å². The lowest BCUT2D eigenvalue weighted by atomic mass is 9.86. The lowest BCUT2D eigenvalue weighted by molar-refractivity contribution is -0.135. The molecule has 1 aromatic heterocycles. The summed E-state index contributed by atoms with van der Waals surface area (Å²) < 4.78 is 32.0. The van der Waals surface area contributed by atoms with Gasteiger partial charge in [0.1, 0.15) is 5.00 Å². The molecule has 0 radical (unpaired) electrons. The van der Waals surface area contributed by atoms with E-state index in [-0.39, 0.29) is 0 Å². The number of nitrogens with one attached hydrogen (secondary N) is 2. The number of nitrogens with two attached hydrogens (primary N) is 1. The second-order valence-electron chi connectivity index (χ2n) is 8.41. The summed E-state index contributed by atoms with van der Waals surface area (Å²) in [6.07, 6.45) is 1.70. The minimum absolute atomic E-state index is 0.336. The van der Waals surface area contributed by atoms with Crippen molar-refractivity contribution < 1.29 is 17.9 Å². The highest BCUT2D eigenvalue weighted by molar-refractivity contribution is 7.92. The number of benzene rings is 1. The minimum atomic E-state index is -3.40. The summed E-state index contributed by atoms with van der Waals surface area (Å²) in [4.78, 5) is 13.3. The topological polar surface area (TPSA) is 111 Å². The highest BCUT2D eigenvalue weighted by Crippen LogP contribution is 2.48. The number of para-hydroxylation sites is 1. The van der Waals surface area contributed by atoms with Gasteiger partial charge in [-0.15, -0.1) is 11.3 Å². The number of thiophene rings is 1. The Balaban J connectivity index is 1.96. The Bertz CT molecular complexity index is 1060. The molecule has 0 saturated heterocycles. The number of carbonyl (C=O) groups is 1. The Morgan fingerprint density at radius 2 is 1.90 bits per heavy atom. The summed E-state index contributed by atoms with van der Waals surface area (Å²) >= 11 is 1.46. The first-order valence-electron chi connectivity index (χ1n) is 9.25. The van der Waals surface area contributed by atoms with Crippen molar-refractivity contribution in [3.8, 4) is 0 Å². The molecule has 9 heteroatoms. The quantitative estimate of drug-likeness (QED) is 0.641. The van der Waals surface area contributed by atoms with Crippen molar-refractivity contribution in [1.29, 1.82) is 0 Å². The third kappa shape index (κ3) is 4.73. The number of amides is 1. The normalized spacial score (nSPS) is 17.4. The van der Waals surface area contributed by atoms with Crippen LogP contribution >= 0.6 is 11.3 Å². The van der Waals surface area contributed by atoms with Gasteiger partial charge in [0.2, 0.25) is 10.0 Å². The molecule has 0 unspecified atom stereocenters. The number of sulfonamides is 1. The zero-order chi connectivity index (χ0) is 21.6. The number of hydrogen-bond acceptors (Lipinski definition) is 6. The number of rotatable bonds is 6. The first-order valence-corrected chi connectivity index (χ1v) is 12.0. The fourth-order valence-corrected chi connectivity index (χ4v) is 5.71. The van der Waals surface area contributed by atoms with Crippen LogP contribution in [0.3, 0.4) is 0 Å². The molecule has 0 fully saturated rings. The molecule has 2 aromatic rings. The lowest BCUT2D eigenvalue weighted by Crippen LogP contribution is -2.42. The molecule has 0 aliphatic carbocycles. The van der Waals surface area contributed by atoms with Crippen molar-refractivity contribution in [2.45, 2.75) is 51.9 Å². The Morgan fingerprint density at radius 1 is 1.24 bits per heavy atom. The lowest BCUT2D eigenvalue weighted by Gasteiger charge is -2.41. The van der Waals surface area contributed by atoms with E-state index in [0.29, 0.717) is 29.2 Å². The van der Waals surface area contributed by atoms with E-state index in [4.69, 9.17) is 10.5 Å². The second kappa shape index (κ2) is 7.30. The summed E-state index contributed by atoms with van der Waals surface area (Å²) in [6.45, 7) is 8.32. The van der Waals surface area contributed by atoms with E-state index >= 15 is 0 Å². The Hall–Kier alpha value is -2.10. The number of carbonyl (C=O) groups excluding carboxylic acids is 1. The predicted molar refractivity (Wildman–Crippen MR) is 117 cm³/mol. The zero-order valence-electron chi connectivity index (χ0n) is 17.3. The minimum Gasteiger partial charge on any atom is -0.372 e. The maximum atomic E-state index is 12.3. The van der Waals surface area contributed by atoms with Gasteiger partial charge in [0.15, 0.2) is 0 Å². The smallest absolute Gasteiger partial charge is 0.251 e. The molecule has 4 N–H and O–H groups in total. The highest BCUT2D eigenvalue weighted by Gasteiger charge is 2.42. The van der Waals surface area contributed by atoms with Crippen LogP contribution in [0, 0.1) is 0 Å². The van der Waals surface area contributed by atoms with E-state index in [2.05, 4.69) is 10.0 Å². The van der Waals surface area contributed by atoms with Crippen LogP contribution in [0.4, 0.5) is 10.7 Å². The van der Waals surface area contributed by atoms with E-state index < -0.39 is 27.1 Å². The zero-order valence-corrected chi connectivity index (χ0v) is 18.9. The molecule has 1 aliphatic heterocycles. The molecule has 0 saturated carbocycles. The molecular weight excluding hydrogens is 410 g/mol. The Labute approximate surface area is 175 Å². The van der Waals surface area contributed by atoms with Crippen LogP contribution in [0.15, 0.2) is 24.3 Å². The molecule has 1 aliphatic rings. The van der Waals surface area contributed by atoms with Crippen LogP contribution in [0.25, 0.3) is 0 Å². The van der Waals surface area contributed by atoms with E-state index in [0.717, 1.165) is 22.3 Å². The van der Waals surface area contributed by atoms with Crippen molar-refractivity contribution in [2.75, 3.05) is 16.3 Å². The first kappa shape index (κ1) is 21.6. The average molecular weight is 438 g/mol. The third-order valence-corrected chi connectivity index (χ3v) is 6.77. The summed E-state index contributed by atoms with van der Waals surface area (Å²) in [5.41, 5.74) is 7.45. The van der Waals surface area contributed by atoms with Crippen molar-refractivity contribution in [1.82, 2.24) is 0 Å². The predicted octanol–water partition coefficient (Wildman–Crippen LogP) is 3.42. The van der Waals surface area contributed by atoms with Crippen molar-refractivity contribution in [3.05, 3.63) is 45.8 Å². The van der Waals surface area contributed by atoms with Crippen LogP contribution in [0.2, 0.25) is 0 Å². The molecule has 3 rings (SSSR count). The van der Waals surface area contributed by atoms with E-state index in [1.54, 1.807) is 12.1 Å². The van der Waals surface area contributed by atoms with Gasteiger partial charge in [-0.1, -0.05) is 18.2 Å². The van der Waals surface area contributed by atoms with Crippen molar-refractivity contribution >= 4 is 38.0 Å². The van der Waals surface area contributed by atoms with Gasteiger partial charge in [0.05, 0.1) is 28.7 Å². The molecule has 0 spiro atoms. The molecule has 0 atom stereocenters. The van der Waals surface area contributed by atoms with Crippen LogP contribution < -0.4 is 15.8 Å². The SMILES string of the molecule is CC1(C)Cc2c(sc(NCc3ccccc3NS(C)(=O)=O)c2C(N)=O)C(C)(C)O1. The van der Waals surface area contributed by atoms with Gasteiger partial charge < -0.3 is 15.8 Å². The van der Waals surface area contributed by atoms with Crippen LogP contribution in [0.5, 0.6) is 0 Å². The van der Waals surface area contributed by atoms with Gasteiger partial charge >= 0.3 is 0 Å². The van der Waals surface area contributed by atoms with Gasteiger partial charge in [-0.2, -0.15) is 0 Å². The summed E-state index contributed by atoms with van der Waals surface area (Å²) in [5.74, 6) is -0.485. The van der Waals surface area contributed by atoms with Crippen molar-refractivity contribution in [2.24, 2.45) is 5.73 Å². The number of ether oxygens (including phenoxy) is 1. The molecule has 0 bridgehead atoms. The maximum Gasteiger partial charge on any atom is 0.251 e. The number of anilines is 2.